The van der Waals surface area contributed by atoms with Crippen molar-refractivity contribution in [3.8, 4) is 6.07 Å². The van der Waals surface area contributed by atoms with Gasteiger partial charge in [0.1, 0.15) is 35.9 Å². The summed E-state index contributed by atoms with van der Waals surface area (Å²) in [5.41, 5.74) is 19.3. The molecule has 48 heteroatoms. The summed E-state index contributed by atoms with van der Waals surface area (Å²) in [7, 11) is 38.1. The lowest BCUT2D eigenvalue weighted by atomic mass is 9.73. The van der Waals surface area contributed by atoms with E-state index in [-0.39, 0.29) is 64.9 Å². The number of nitrogens with two attached hydrogens (primary N) is 2. The molecule has 4 aromatic rings. The van der Waals surface area contributed by atoms with Gasteiger partial charge in [0.05, 0.1) is 63.3 Å². The number of hydrogen-bond donors (Lipinski definition) is 4. The number of carbonyl (C=O) groups excluding carboxylic acids is 6. The molecule has 620 valence electrons. The number of Topliss-reactive ketones (excluding diaryl/α,β-unsaturated/α-hetero) is 2. The second kappa shape index (κ2) is 54.4. The van der Waals surface area contributed by atoms with Crippen molar-refractivity contribution < 1.29 is 93.4 Å². The van der Waals surface area contributed by atoms with E-state index in [1.165, 1.54) is 79.3 Å². The highest BCUT2D eigenvalue weighted by molar-refractivity contribution is 8.79. The summed E-state index contributed by atoms with van der Waals surface area (Å²) in [5.74, 6) is -1.95. The van der Waals surface area contributed by atoms with E-state index < -0.39 is 44.5 Å². The van der Waals surface area contributed by atoms with Crippen molar-refractivity contribution in [1.29, 1.82) is 5.26 Å². The summed E-state index contributed by atoms with van der Waals surface area (Å²) in [6.07, 6.45) is 6.91. The normalized spacial score (nSPS) is 15.7. The van der Waals surface area contributed by atoms with Crippen molar-refractivity contribution in [2.75, 3.05) is 30.9 Å². The van der Waals surface area contributed by atoms with Gasteiger partial charge in [-0.3, -0.25) is 49.5 Å². The van der Waals surface area contributed by atoms with E-state index in [4.69, 9.17) is 83.9 Å². The molecule has 109 heavy (non-hydrogen) atoms. The number of fused-ring (bicyclic) bond motifs is 2. The number of aromatic nitrogens is 1. The highest BCUT2D eigenvalue weighted by atomic mass is 33.5. The second-order valence-corrected chi connectivity index (χ2v) is 62.1. The Kier molecular flexibility index (Phi) is 39.8. The van der Waals surface area contributed by atoms with E-state index in [0.717, 1.165) is 56.2 Å². The molecule has 0 saturated heterocycles. The van der Waals surface area contributed by atoms with E-state index in [0.29, 0.717) is 74.8 Å². The maximum absolute atomic E-state index is 13.0. The Morgan fingerprint density at radius 2 is 1.02 bits per heavy atom. The third kappa shape index (κ3) is 36.8. The number of allylic oxidation sites excluding steroid dienone is 3. The molecule has 2 unspecified atom stereocenters. The molecule has 4 aliphatic rings. The summed E-state index contributed by atoms with van der Waals surface area (Å²) < 4.78 is 135. The van der Waals surface area contributed by atoms with Gasteiger partial charge in [0.15, 0.2) is 0 Å². The molecule has 1 aromatic heterocycles. The first-order valence-electron chi connectivity index (χ1n) is 43.2. The monoisotopic (exact) mass is 1990 g/mol. The lowest BCUT2D eigenvalue weighted by Crippen LogP contribution is -2.32. The minimum atomic E-state index is -0.824. The number of rotatable bonds is 13. The molecular formula is C61H97N9O15S24. The molecule has 2 aliphatic heterocycles. The molecule has 0 bridgehead atoms. The Hall–Kier alpha value is -4.38. The average molecular weight is 1990 g/mol. The third-order valence-corrected chi connectivity index (χ3v) is 61.3. The largest absolute Gasteiger partial charge is 0.466 e. The average Bonchev–Trinajstić information content (AvgIpc) is 0.733. The molecule has 3 heterocycles. The SMILES string of the molecule is CC1(C)CCC(=O)CC1.CCOC(=O)C1=C(C)NC(N)=C(C#N)C1c1cccc([N+](=O)[O-])c1.CCOC(=O)C1=C(C)Nc2nc3c(c(N)c2C1c1cccc([N+](=O)[O-])c1)CC(C)(C)CC3.CCOC(=O)CC(C)=O.O=Cc1cccc([N+](=O)[O-])c1.S=S=S=S=S=S=S=S=S=S=S=S=S=S=S=S=S=S=S=S=S=S=S=S.[2H][2H].[2H][2H].[2H][2H].[2H][2H].[2H][2H].[2H][2H].[2H][2H].[2H][2H].[2H][2H].[2H][2H].[2H][2H].[2H][2H]. The van der Waals surface area contributed by atoms with Crippen LogP contribution in [0.4, 0.5) is 28.6 Å². The van der Waals surface area contributed by atoms with E-state index in [1.54, 1.807) is 195 Å². The van der Waals surface area contributed by atoms with Crippen molar-refractivity contribution in [2.24, 2.45) is 16.6 Å². The van der Waals surface area contributed by atoms with Gasteiger partial charge < -0.3 is 36.3 Å². The number of ketones is 2. The predicted molar refractivity (Wildman–Crippen MR) is 517 cm³/mol. The summed E-state index contributed by atoms with van der Waals surface area (Å²) >= 11 is 9.54. The van der Waals surface area contributed by atoms with Crippen LogP contribution >= 0.6 is 0 Å². The number of ether oxygens (including phenoxy) is 3. The topological polar surface area (TPSA) is 372 Å². The number of nitrogens with one attached hydrogen (secondary N) is 2. The van der Waals surface area contributed by atoms with Gasteiger partial charge >= 0.3 is 17.9 Å². The Morgan fingerprint density at radius 1 is 0.624 bits per heavy atom. The van der Waals surface area contributed by atoms with E-state index in [9.17, 15) is 64.4 Å². The number of aldehydes is 1. The third-order valence-electron chi connectivity index (χ3n) is 14.6. The number of carbonyl (C=O) groups is 6. The van der Waals surface area contributed by atoms with Gasteiger partial charge in [-0.2, -0.15) is 5.26 Å². The van der Waals surface area contributed by atoms with Gasteiger partial charge in [0.2, 0.25) is 0 Å². The van der Waals surface area contributed by atoms with Gasteiger partial charge in [0.25, 0.3) is 17.1 Å². The molecule has 1 saturated carbocycles. The van der Waals surface area contributed by atoms with Crippen LogP contribution in [0.1, 0.15) is 194 Å². The van der Waals surface area contributed by atoms with Gasteiger partial charge in [-0.1, -0.05) is 64.1 Å². The Bertz CT molecular complexity index is 5370. The van der Waals surface area contributed by atoms with Crippen LogP contribution in [0, 0.1) is 52.5 Å². The van der Waals surface area contributed by atoms with Crippen molar-refractivity contribution in [2.45, 2.75) is 132 Å². The first-order valence-corrected chi connectivity index (χ1v) is 61.9. The number of pyridine rings is 1. The zero-order valence-corrected chi connectivity index (χ0v) is 78.8. The van der Waals surface area contributed by atoms with Crippen LogP contribution in [-0.2, 0) is 269 Å². The molecule has 6 N–H and O–H groups in total. The molecule has 0 radical (unpaired) electrons. The van der Waals surface area contributed by atoms with Crippen LogP contribution < -0.4 is 22.1 Å². The molecule has 0 amide bonds. The van der Waals surface area contributed by atoms with Crippen molar-refractivity contribution in [3.63, 3.8) is 0 Å². The fourth-order valence-corrected chi connectivity index (χ4v) is 64.8. The molecule has 1 fully saturated rings. The molecule has 3 aromatic carbocycles. The lowest BCUT2D eigenvalue weighted by molar-refractivity contribution is -0.385. The number of nitro benzene ring substituents is 3. The Morgan fingerprint density at radius 3 is 1.41 bits per heavy atom. The smallest absolute Gasteiger partial charge is 0.336 e. The molecule has 2 aliphatic carbocycles. The number of esters is 3. The van der Waals surface area contributed by atoms with Crippen molar-refractivity contribution >= 4 is 282 Å². The van der Waals surface area contributed by atoms with Crippen molar-refractivity contribution in [3.05, 3.63) is 171 Å². The minimum Gasteiger partial charge on any atom is -0.466 e. The molecule has 8 rings (SSSR count). The minimum absolute atomic E-state index is 0.0472. The standard InChI is InChI=1S/C24H28N4O4.C16H16N4O4.C8H14O.C7H5NO3.C6H10O3.S24.12H2/c1-5-32-23(29)18-13(2)26-22-20(19(18)14-7-6-8-15(11-14)28(30)31)21(25)16-12-24(3,4)10-9-17(16)27-22;1-3-24-16(21)13-9(2)19-15(18)12(8-17)14(13)10-5-4-6-11(7-10)20(22)23;1-8(2)5-3-7(9)4-6-8;9-5-6-2-1-3-7(4-6)8(10)11;1-3-9-6(8)4-5(2)7;1-3-5-7-9-11-13-15-17-19-21-23-24-22-20-18-16-14-12-10-8-6-4-2;;;;;;;;;;;;/h6-8,11,19H,5,9-10,12H2,1-4H3,(H3,25,26,27);4-7,14,19H,3,18H2,1-2H3;3-6H2,1-2H3;1-5H;3-4H2,1-2H3;;12*1H/i;;;;;;12*1+1D. The number of aryl methyl sites for hydroxylation is 1. The molecule has 24 nitrogen and oxygen atoms in total. The fraction of sp³-hybridized carbons (Fsp3) is 0.410. The highest BCUT2D eigenvalue weighted by Gasteiger charge is 2.40. The number of nitrogen functional groups attached to an aromatic ring is 1. The summed E-state index contributed by atoms with van der Waals surface area (Å²) in [6.45, 7) is 19.5. The maximum Gasteiger partial charge on any atom is 0.336 e. The lowest BCUT2D eigenvalue weighted by Gasteiger charge is -2.36. The number of hydrogen-bond acceptors (Lipinski definition) is 23. The van der Waals surface area contributed by atoms with Gasteiger partial charge in [0, 0.05) is 342 Å². The number of nitrogens with zero attached hydrogens (tertiary/aromatic N) is 5. The number of nitriles is 1. The molecule has 2 atom stereocenters. The first-order chi connectivity index (χ1) is 63.9. The van der Waals surface area contributed by atoms with Gasteiger partial charge in [-0.05, 0) is 101 Å². The van der Waals surface area contributed by atoms with Crippen molar-refractivity contribution in [1.82, 2.24) is 10.3 Å². The van der Waals surface area contributed by atoms with Crippen LogP contribution in [0.3, 0.4) is 0 Å². The number of nitro groups is 3. The Balaban J connectivity index is -0.000000170. The predicted octanol–water partition coefficient (Wildman–Crippen LogP) is 13.3. The fourth-order valence-electron chi connectivity index (χ4n) is 9.93. The molecular weight excluding hydrogens is 1870 g/mol. The zero-order valence-electron chi connectivity index (χ0n) is 83.3. The number of benzene rings is 3. The summed E-state index contributed by atoms with van der Waals surface area (Å²) in [4.78, 5) is 103. The van der Waals surface area contributed by atoms with Gasteiger partial charge in [-0.25, -0.2) is 14.6 Å². The number of anilines is 2. The number of dihydropyridines is 1. The van der Waals surface area contributed by atoms with Gasteiger partial charge in [-0.15, -0.1) is 0 Å². The maximum atomic E-state index is 13.0. The van der Waals surface area contributed by atoms with Crippen LogP contribution in [0.2, 0.25) is 0 Å². The van der Waals surface area contributed by atoms with Crippen LogP contribution in [0.25, 0.3) is 0 Å². The summed E-state index contributed by atoms with van der Waals surface area (Å²) in [5, 5.41) is 48.1. The highest BCUT2D eigenvalue weighted by Crippen LogP contribution is 2.49. The second-order valence-electron chi connectivity index (χ2n) is 23.2. The van der Waals surface area contributed by atoms with E-state index in [1.807, 2.05) is 41.6 Å². The zero-order chi connectivity index (χ0) is 105. The quantitative estimate of drug-likeness (QED) is 0.0241. The molecule has 0 spiro atoms. The van der Waals surface area contributed by atoms with Crippen LogP contribution in [0.5, 0.6) is 0 Å². The first kappa shape index (κ1) is 79.8. The Labute approximate surface area is 740 Å². The number of non-ortho nitro benzene ring substituents is 3. The van der Waals surface area contributed by atoms with Crippen LogP contribution in [0.15, 0.2) is 107 Å². The van der Waals surface area contributed by atoms with E-state index in [2.05, 4.69) is 43.1 Å². The summed E-state index contributed by atoms with van der Waals surface area (Å²) in [6, 6.07) is 19.6. The van der Waals surface area contributed by atoms with E-state index >= 15 is 0 Å². The van der Waals surface area contributed by atoms with Crippen LogP contribution in [-0.4, -0.2) is 75.3 Å².